The summed E-state index contributed by atoms with van der Waals surface area (Å²) >= 11 is 0. The van der Waals surface area contributed by atoms with Gasteiger partial charge in [-0.05, 0) is 18.9 Å². The van der Waals surface area contributed by atoms with Crippen molar-refractivity contribution in [1.29, 1.82) is 0 Å². The highest BCUT2D eigenvalue weighted by Crippen LogP contribution is 2.21. The fraction of sp³-hybridized carbons (Fsp3) is 0.462. The molecule has 0 radical (unpaired) electrons. The zero-order valence-corrected chi connectivity index (χ0v) is 12.1. The number of benzene rings is 1. The van der Waals surface area contributed by atoms with E-state index in [4.69, 9.17) is 5.11 Å². The molecule has 20 heavy (non-hydrogen) atoms. The first-order valence-electron chi connectivity index (χ1n) is 6.19. The SMILES string of the molecule is CC(CO)(NS(=O)(=O)CCCC(=O)O)c1ccccc1. The van der Waals surface area contributed by atoms with E-state index in [-0.39, 0.29) is 18.6 Å². The molecule has 0 aromatic heterocycles. The molecule has 0 spiro atoms. The minimum Gasteiger partial charge on any atom is -0.481 e. The number of hydrogen-bond acceptors (Lipinski definition) is 4. The van der Waals surface area contributed by atoms with Crippen LogP contribution in [-0.2, 0) is 20.4 Å². The molecule has 0 aliphatic carbocycles. The van der Waals surface area contributed by atoms with Gasteiger partial charge in [-0.3, -0.25) is 4.79 Å². The van der Waals surface area contributed by atoms with E-state index < -0.39 is 28.1 Å². The topological polar surface area (TPSA) is 104 Å². The largest absolute Gasteiger partial charge is 0.481 e. The van der Waals surface area contributed by atoms with Crippen molar-refractivity contribution in [1.82, 2.24) is 4.72 Å². The van der Waals surface area contributed by atoms with Crippen LogP contribution in [0.25, 0.3) is 0 Å². The van der Waals surface area contributed by atoms with Gasteiger partial charge in [-0.15, -0.1) is 0 Å². The van der Waals surface area contributed by atoms with Crippen molar-refractivity contribution in [3.8, 4) is 0 Å². The van der Waals surface area contributed by atoms with Crippen molar-refractivity contribution in [2.75, 3.05) is 12.4 Å². The maximum atomic E-state index is 11.9. The second-order valence-electron chi connectivity index (χ2n) is 4.77. The molecule has 3 N–H and O–H groups in total. The maximum Gasteiger partial charge on any atom is 0.303 e. The molecule has 0 saturated heterocycles. The summed E-state index contributed by atoms with van der Waals surface area (Å²) in [5.74, 6) is -1.32. The fourth-order valence-electron chi connectivity index (χ4n) is 1.80. The summed E-state index contributed by atoms with van der Waals surface area (Å²) in [6.07, 6.45) is -0.178. The van der Waals surface area contributed by atoms with Crippen LogP contribution in [0.15, 0.2) is 30.3 Å². The lowest BCUT2D eigenvalue weighted by Crippen LogP contribution is -2.47. The molecule has 0 aliphatic rings. The quantitative estimate of drug-likeness (QED) is 0.655. The molecule has 0 saturated carbocycles. The highest BCUT2D eigenvalue weighted by molar-refractivity contribution is 7.89. The van der Waals surface area contributed by atoms with E-state index in [9.17, 15) is 18.3 Å². The molecular formula is C13H19NO5S. The molecule has 112 valence electrons. The number of aliphatic carboxylic acids is 1. The lowest BCUT2D eigenvalue weighted by atomic mass is 9.94. The molecule has 0 amide bonds. The Hall–Kier alpha value is -1.44. The first-order chi connectivity index (χ1) is 9.29. The van der Waals surface area contributed by atoms with Crippen LogP contribution >= 0.6 is 0 Å². The van der Waals surface area contributed by atoms with Crippen molar-refractivity contribution in [3.63, 3.8) is 0 Å². The van der Waals surface area contributed by atoms with Crippen LogP contribution in [0.2, 0.25) is 0 Å². The number of carboxylic acids is 1. The van der Waals surface area contributed by atoms with Gasteiger partial charge in [0.1, 0.15) is 0 Å². The molecule has 1 unspecified atom stereocenters. The standard InChI is InChI=1S/C13H19NO5S/c1-13(10-15,11-6-3-2-4-7-11)14-20(18,19)9-5-8-12(16)17/h2-4,6-7,14-15H,5,8-10H2,1H3,(H,16,17). The number of carbonyl (C=O) groups is 1. The van der Waals surface area contributed by atoms with Crippen molar-refractivity contribution in [2.24, 2.45) is 0 Å². The Kier molecular flexibility index (Phi) is 5.67. The smallest absolute Gasteiger partial charge is 0.303 e. The van der Waals surface area contributed by atoms with E-state index in [0.29, 0.717) is 5.56 Å². The highest BCUT2D eigenvalue weighted by atomic mass is 32.2. The molecule has 0 fully saturated rings. The number of aliphatic hydroxyl groups excluding tert-OH is 1. The predicted octanol–water partition coefficient (Wildman–Crippen LogP) is 0.678. The normalized spacial score (nSPS) is 14.7. The molecule has 0 bridgehead atoms. The van der Waals surface area contributed by atoms with Crippen LogP contribution in [0.4, 0.5) is 0 Å². The van der Waals surface area contributed by atoms with Gasteiger partial charge in [0, 0.05) is 6.42 Å². The summed E-state index contributed by atoms with van der Waals surface area (Å²) in [4.78, 5) is 10.4. The summed E-state index contributed by atoms with van der Waals surface area (Å²) in [5, 5.41) is 18.0. The van der Waals surface area contributed by atoms with Crippen molar-refractivity contribution in [3.05, 3.63) is 35.9 Å². The monoisotopic (exact) mass is 301 g/mol. The van der Waals surface area contributed by atoms with Crippen molar-refractivity contribution < 1.29 is 23.4 Å². The van der Waals surface area contributed by atoms with E-state index in [1.807, 2.05) is 0 Å². The van der Waals surface area contributed by atoms with Crippen LogP contribution in [0, 0.1) is 0 Å². The molecular weight excluding hydrogens is 282 g/mol. The molecule has 6 nitrogen and oxygen atoms in total. The van der Waals surface area contributed by atoms with Crippen LogP contribution in [-0.4, -0.2) is 37.0 Å². The van der Waals surface area contributed by atoms with Gasteiger partial charge >= 0.3 is 5.97 Å². The Morgan fingerprint density at radius 3 is 2.40 bits per heavy atom. The van der Waals surface area contributed by atoms with Crippen LogP contribution in [0.3, 0.4) is 0 Å². The molecule has 1 atom stereocenters. The number of rotatable bonds is 8. The first-order valence-corrected chi connectivity index (χ1v) is 7.84. The predicted molar refractivity (Wildman–Crippen MR) is 74.7 cm³/mol. The molecule has 0 aliphatic heterocycles. The van der Waals surface area contributed by atoms with Gasteiger partial charge in [0.05, 0.1) is 17.9 Å². The molecule has 1 aromatic carbocycles. The van der Waals surface area contributed by atoms with E-state index in [1.165, 1.54) is 0 Å². The third-order valence-corrected chi connectivity index (χ3v) is 4.50. The minimum absolute atomic E-state index is 0.0287. The minimum atomic E-state index is -3.67. The third-order valence-electron chi connectivity index (χ3n) is 2.91. The Morgan fingerprint density at radius 2 is 1.90 bits per heavy atom. The van der Waals surface area contributed by atoms with Crippen LogP contribution < -0.4 is 4.72 Å². The average Bonchev–Trinajstić information content (AvgIpc) is 2.38. The molecule has 0 heterocycles. The summed E-state index contributed by atoms with van der Waals surface area (Å²) in [7, 11) is -3.67. The third kappa shape index (κ3) is 4.92. The number of carboxylic acid groups (broad SMARTS) is 1. The van der Waals surface area contributed by atoms with E-state index >= 15 is 0 Å². The lowest BCUT2D eigenvalue weighted by Gasteiger charge is -2.29. The zero-order chi connectivity index (χ0) is 15.2. The van der Waals surface area contributed by atoms with E-state index in [2.05, 4.69) is 4.72 Å². The highest BCUT2D eigenvalue weighted by Gasteiger charge is 2.30. The number of aliphatic hydroxyl groups is 1. The van der Waals surface area contributed by atoms with Gasteiger partial charge in [0.25, 0.3) is 0 Å². The van der Waals surface area contributed by atoms with Crippen molar-refractivity contribution >= 4 is 16.0 Å². The van der Waals surface area contributed by atoms with Crippen molar-refractivity contribution in [2.45, 2.75) is 25.3 Å². The number of nitrogens with one attached hydrogen (secondary N) is 1. The van der Waals surface area contributed by atoms with Gasteiger partial charge < -0.3 is 10.2 Å². The second-order valence-corrected chi connectivity index (χ2v) is 6.62. The zero-order valence-electron chi connectivity index (χ0n) is 11.2. The number of hydrogen-bond donors (Lipinski definition) is 3. The Balaban J connectivity index is 2.79. The summed E-state index contributed by atoms with van der Waals surface area (Å²) in [6.45, 7) is 1.19. The van der Waals surface area contributed by atoms with Gasteiger partial charge in [0.15, 0.2) is 0 Å². The Labute approximate surface area is 118 Å². The Bertz CT molecular complexity index is 543. The average molecular weight is 301 g/mol. The summed E-state index contributed by atoms with van der Waals surface area (Å²) in [5.41, 5.74) is -0.479. The molecule has 1 aromatic rings. The molecule has 1 rings (SSSR count). The first kappa shape index (κ1) is 16.6. The Morgan fingerprint density at radius 1 is 1.30 bits per heavy atom. The van der Waals surface area contributed by atoms with Gasteiger partial charge in [0.2, 0.25) is 10.0 Å². The molecule has 7 heteroatoms. The maximum absolute atomic E-state index is 11.9. The van der Waals surface area contributed by atoms with Gasteiger partial charge in [-0.2, -0.15) is 0 Å². The summed E-state index contributed by atoms with van der Waals surface area (Å²) < 4.78 is 26.3. The van der Waals surface area contributed by atoms with E-state index in [0.717, 1.165) is 0 Å². The lowest BCUT2D eigenvalue weighted by molar-refractivity contribution is -0.137. The van der Waals surface area contributed by atoms with Gasteiger partial charge in [-0.25, -0.2) is 13.1 Å². The summed E-state index contributed by atoms with van der Waals surface area (Å²) in [6, 6.07) is 8.73. The van der Waals surface area contributed by atoms with E-state index in [1.54, 1.807) is 37.3 Å². The fourth-order valence-corrected chi connectivity index (χ4v) is 3.29. The number of sulfonamides is 1. The van der Waals surface area contributed by atoms with Crippen LogP contribution in [0.1, 0.15) is 25.3 Å². The van der Waals surface area contributed by atoms with Crippen LogP contribution in [0.5, 0.6) is 0 Å². The van der Waals surface area contributed by atoms with Gasteiger partial charge in [-0.1, -0.05) is 30.3 Å². The second kappa shape index (κ2) is 6.83.